The maximum absolute atomic E-state index is 13.3. The highest BCUT2D eigenvalue weighted by molar-refractivity contribution is 6.07. The Morgan fingerprint density at radius 3 is 2.52 bits per heavy atom. The average Bonchev–Trinajstić information content (AvgIpc) is 2.86. The van der Waals surface area contributed by atoms with E-state index in [1.807, 2.05) is 44.2 Å². The number of amides is 1. The van der Waals surface area contributed by atoms with E-state index in [-0.39, 0.29) is 17.1 Å². The number of para-hydroxylation sites is 1. The zero-order valence-corrected chi connectivity index (χ0v) is 15.3. The van der Waals surface area contributed by atoms with Gasteiger partial charge in [0.25, 0.3) is 0 Å². The van der Waals surface area contributed by atoms with E-state index in [1.54, 1.807) is 0 Å². The van der Waals surface area contributed by atoms with Crippen molar-refractivity contribution in [3.63, 3.8) is 0 Å². The van der Waals surface area contributed by atoms with Crippen LogP contribution in [0.15, 0.2) is 30.3 Å². The van der Waals surface area contributed by atoms with Crippen molar-refractivity contribution in [3.05, 3.63) is 36.0 Å². The van der Waals surface area contributed by atoms with E-state index >= 15 is 0 Å². The summed E-state index contributed by atoms with van der Waals surface area (Å²) in [4.78, 5) is 30.5. The van der Waals surface area contributed by atoms with Gasteiger partial charge in [-0.3, -0.25) is 14.6 Å². The minimum absolute atomic E-state index is 0.0390. The minimum atomic E-state index is -0.620. The number of Topliss-reactive ketones (excluding diaryl/α,β-unsaturated/α-hetero) is 1. The number of nitrogens with zero attached hydrogens (tertiary/aromatic N) is 1. The second-order valence-electron chi connectivity index (χ2n) is 8.42. The van der Waals surface area contributed by atoms with Crippen molar-refractivity contribution in [2.24, 2.45) is 16.2 Å². The van der Waals surface area contributed by atoms with Gasteiger partial charge in [-0.05, 0) is 37.3 Å². The van der Waals surface area contributed by atoms with Gasteiger partial charge in [0.1, 0.15) is 5.78 Å². The number of hydrogen-bond acceptors (Lipinski definition) is 3. The van der Waals surface area contributed by atoms with E-state index in [9.17, 15) is 9.59 Å². The lowest BCUT2D eigenvalue weighted by atomic mass is 9.64. The Kier molecular flexibility index (Phi) is 3.19. The molecule has 4 nitrogen and oxygen atoms in total. The van der Waals surface area contributed by atoms with E-state index in [2.05, 4.69) is 24.1 Å². The van der Waals surface area contributed by atoms with Crippen molar-refractivity contribution < 1.29 is 9.59 Å². The molecule has 2 aliphatic carbocycles. The first-order valence-electron chi connectivity index (χ1n) is 8.92. The van der Waals surface area contributed by atoms with Crippen LogP contribution in [-0.4, -0.2) is 16.7 Å². The smallest absolute Gasteiger partial charge is 0.231 e. The number of ketones is 1. The Morgan fingerprint density at radius 2 is 1.88 bits per heavy atom. The predicted octanol–water partition coefficient (Wildman–Crippen LogP) is 4.27. The number of aryl methyl sites for hydroxylation is 1. The van der Waals surface area contributed by atoms with Gasteiger partial charge in [0.05, 0.1) is 16.6 Å². The van der Waals surface area contributed by atoms with Crippen LogP contribution < -0.4 is 5.32 Å². The van der Waals surface area contributed by atoms with E-state index in [4.69, 9.17) is 0 Å². The van der Waals surface area contributed by atoms with E-state index in [1.165, 1.54) is 0 Å². The predicted molar refractivity (Wildman–Crippen MR) is 98.3 cm³/mol. The Labute approximate surface area is 148 Å². The van der Waals surface area contributed by atoms with Crippen LogP contribution in [0.4, 0.5) is 5.69 Å². The van der Waals surface area contributed by atoms with Crippen LogP contribution >= 0.6 is 0 Å². The normalized spacial score (nSPS) is 30.0. The molecule has 4 rings (SSSR count). The number of hydrogen-bond donors (Lipinski definition) is 1. The molecule has 2 aliphatic rings. The number of aromatic nitrogens is 1. The molecular weight excluding hydrogens is 312 g/mol. The number of carbonyl (C=O) groups is 2. The molecule has 2 fully saturated rings. The molecule has 0 radical (unpaired) electrons. The number of pyridine rings is 1. The average molecular weight is 336 g/mol. The number of nitrogens with one attached hydrogen (secondary N) is 1. The first-order valence-corrected chi connectivity index (χ1v) is 8.92. The topological polar surface area (TPSA) is 59.1 Å². The van der Waals surface area contributed by atoms with Crippen LogP contribution in [0.25, 0.3) is 10.9 Å². The summed E-state index contributed by atoms with van der Waals surface area (Å²) in [5, 5.41) is 4.11. The molecule has 25 heavy (non-hydrogen) atoms. The van der Waals surface area contributed by atoms with Gasteiger partial charge in [-0.25, -0.2) is 0 Å². The molecule has 4 heteroatoms. The molecule has 0 spiro atoms. The lowest BCUT2D eigenvalue weighted by molar-refractivity contribution is -0.131. The van der Waals surface area contributed by atoms with Crippen molar-refractivity contribution in [3.8, 4) is 0 Å². The molecule has 2 bridgehead atoms. The third-order valence-electron chi connectivity index (χ3n) is 7.25. The molecule has 1 amide bonds. The summed E-state index contributed by atoms with van der Waals surface area (Å²) in [6, 6.07) is 9.79. The van der Waals surface area contributed by atoms with Crippen LogP contribution in [0.2, 0.25) is 0 Å². The van der Waals surface area contributed by atoms with E-state index in [0.29, 0.717) is 6.42 Å². The lowest BCUT2D eigenvalue weighted by Gasteiger charge is -2.38. The second kappa shape index (κ2) is 4.90. The number of rotatable bonds is 2. The van der Waals surface area contributed by atoms with Gasteiger partial charge in [0.2, 0.25) is 5.91 Å². The van der Waals surface area contributed by atoms with Crippen molar-refractivity contribution in [1.29, 1.82) is 0 Å². The third-order valence-corrected chi connectivity index (χ3v) is 7.25. The molecule has 1 heterocycles. The Hall–Kier alpha value is -2.23. The monoisotopic (exact) mass is 336 g/mol. The summed E-state index contributed by atoms with van der Waals surface area (Å²) in [6.07, 6.45) is 1.91. The van der Waals surface area contributed by atoms with Crippen molar-refractivity contribution in [2.75, 3.05) is 5.32 Å². The second-order valence-corrected chi connectivity index (χ2v) is 8.42. The first kappa shape index (κ1) is 16.2. The van der Waals surface area contributed by atoms with Crippen LogP contribution in [0, 0.1) is 23.2 Å². The highest BCUT2D eigenvalue weighted by atomic mass is 16.2. The molecule has 1 aromatic heterocycles. The molecular formula is C21H24N2O2. The standard InChI is InChI=1S/C21H24N2O2/c1-13-8-9-14-6-5-7-15(17(14)22-13)23-18(25)21-11-10-20(4,16(24)12-21)19(21,2)3/h5-9H,10-12H2,1-4H3,(H,23,25)/t20-,21+/m1/s1. The maximum atomic E-state index is 13.3. The molecule has 1 N–H and O–H groups in total. The largest absolute Gasteiger partial charge is 0.324 e. The number of carbonyl (C=O) groups excluding carboxylic acids is 2. The molecule has 130 valence electrons. The highest BCUT2D eigenvalue weighted by Crippen LogP contribution is 2.70. The Bertz CT molecular complexity index is 917. The van der Waals surface area contributed by atoms with Crippen molar-refractivity contribution in [2.45, 2.75) is 47.0 Å². The quantitative estimate of drug-likeness (QED) is 0.891. The molecule has 2 saturated carbocycles. The molecule has 1 aromatic carbocycles. The Balaban J connectivity index is 1.75. The summed E-state index contributed by atoms with van der Waals surface area (Å²) in [6.45, 7) is 8.13. The summed E-state index contributed by atoms with van der Waals surface area (Å²) in [5.41, 5.74) is 1.09. The number of benzene rings is 1. The molecule has 0 unspecified atom stereocenters. The SMILES string of the molecule is Cc1ccc2cccc(NC(=O)[C@]34CC[C@](C)(C(=O)C3)C4(C)C)c2n1. The van der Waals surface area contributed by atoms with Crippen LogP contribution in [0.3, 0.4) is 0 Å². The van der Waals surface area contributed by atoms with Crippen LogP contribution in [0.5, 0.6) is 0 Å². The summed E-state index contributed by atoms with van der Waals surface area (Å²) < 4.78 is 0. The van der Waals surface area contributed by atoms with Crippen molar-refractivity contribution >= 4 is 28.3 Å². The Morgan fingerprint density at radius 1 is 1.12 bits per heavy atom. The van der Waals surface area contributed by atoms with E-state index in [0.717, 1.165) is 35.1 Å². The molecule has 0 aliphatic heterocycles. The van der Waals surface area contributed by atoms with Gasteiger partial charge in [-0.15, -0.1) is 0 Å². The van der Waals surface area contributed by atoms with Crippen molar-refractivity contribution in [1.82, 2.24) is 4.98 Å². The first-order chi connectivity index (χ1) is 11.7. The molecule has 0 saturated heterocycles. The molecule has 2 atom stereocenters. The minimum Gasteiger partial charge on any atom is -0.324 e. The number of anilines is 1. The van der Waals surface area contributed by atoms with Gasteiger partial charge in [-0.1, -0.05) is 39.0 Å². The third kappa shape index (κ3) is 1.91. The zero-order chi connectivity index (χ0) is 18.0. The van der Waals surface area contributed by atoms with Gasteiger partial charge < -0.3 is 5.32 Å². The zero-order valence-electron chi connectivity index (χ0n) is 15.3. The highest BCUT2D eigenvalue weighted by Gasteiger charge is 2.72. The lowest BCUT2D eigenvalue weighted by Crippen LogP contribution is -2.43. The van der Waals surface area contributed by atoms with E-state index < -0.39 is 10.8 Å². The fraction of sp³-hybridized carbons (Fsp3) is 0.476. The van der Waals surface area contributed by atoms with Gasteiger partial charge in [0, 0.05) is 22.9 Å². The fourth-order valence-corrected chi connectivity index (χ4v) is 4.95. The van der Waals surface area contributed by atoms with Crippen LogP contribution in [0.1, 0.15) is 45.7 Å². The van der Waals surface area contributed by atoms with Gasteiger partial charge in [0.15, 0.2) is 0 Å². The summed E-state index contributed by atoms with van der Waals surface area (Å²) >= 11 is 0. The maximum Gasteiger partial charge on any atom is 0.231 e. The van der Waals surface area contributed by atoms with Gasteiger partial charge in [-0.2, -0.15) is 0 Å². The van der Waals surface area contributed by atoms with Gasteiger partial charge >= 0.3 is 0 Å². The fourth-order valence-electron chi connectivity index (χ4n) is 4.95. The number of fused-ring (bicyclic) bond motifs is 3. The summed E-state index contributed by atoms with van der Waals surface area (Å²) in [7, 11) is 0. The molecule has 2 aromatic rings. The summed E-state index contributed by atoms with van der Waals surface area (Å²) in [5.74, 6) is 0.189. The van der Waals surface area contributed by atoms with Crippen LogP contribution in [-0.2, 0) is 9.59 Å².